The minimum atomic E-state index is -0.574. The van der Waals surface area contributed by atoms with E-state index in [1.807, 2.05) is 0 Å². The molecule has 3 aromatic rings. The summed E-state index contributed by atoms with van der Waals surface area (Å²) in [7, 11) is 0. The van der Waals surface area contributed by atoms with Gasteiger partial charge in [-0.1, -0.05) is 11.2 Å². The number of hydrogen-bond donors (Lipinski definition) is 2. The fourth-order valence-corrected chi connectivity index (χ4v) is 2.24. The summed E-state index contributed by atoms with van der Waals surface area (Å²) in [6.07, 6.45) is 3.76. The SMILES string of the molecule is NC(=O)COc1cccc(NC(=O)CCc2nc(-c3ccncc3)no2)c1. The minimum absolute atomic E-state index is 0.171. The molecule has 0 aliphatic carbocycles. The molecule has 0 aliphatic rings. The molecule has 2 aromatic heterocycles. The van der Waals surface area contributed by atoms with Gasteiger partial charge in [0, 0.05) is 42.6 Å². The molecule has 0 aliphatic heterocycles. The molecule has 3 N–H and O–H groups in total. The Morgan fingerprint density at radius 2 is 2.00 bits per heavy atom. The first-order valence-corrected chi connectivity index (χ1v) is 8.14. The summed E-state index contributed by atoms with van der Waals surface area (Å²) in [5.41, 5.74) is 6.37. The third-order valence-corrected chi connectivity index (χ3v) is 3.47. The Bertz CT molecular complexity index is 926. The maximum absolute atomic E-state index is 12.1. The van der Waals surface area contributed by atoms with E-state index in [-0.39, 0.29) is 18.9 Å². The topological polar surface area (TPSA) is 133 Å². The number of anilines is 1. The van der Waals surface area contributed by atoms with Crippen LogP contribution in [0.1, 0.15) is 12.3 Å². The lowest BCUT2D eigenvalue weighted by Gasteiger charge is -2.07. The number of pyridine rings is 1. The van der Waals surface area contributed by atoms with Gasteiger partial charge in [-0.15, -0.1) is 0 Å². The summed E-state index contributed by atoms with van der Waals surface area (Å²) < 4.78 is 10.4. The highest BCUT2D eigenvalue weighted by atomic mass is 16.5. The summed E-state index contributed by atoms with van der Waals surface area (Å²) in [4.78, 5) is 31.1. The van der Waals surface area contributed by atoms with E-state index in [1.165, 1.54) is 0 Å². The number of nitrogens with two attached hydrogens (primary N) is 1. The number of aromatic nitrogens is 3. The van der Waals surface area contributed by atoms with Crippen molar-refractivity contribution in [1.29, 1.82) is 0 Å². The second-order valence-electron chi connectivity index (χ2n) is 5.58. The Hall–Kier alpha value is -3.75. The summed E-state index contributed by atoms with van der Waals surface area (Å²) in [5.74, 6) is 0.467. The molecule has 2 amide bonds. The van der Waals surface area contributed by atoms with Gasteiger partial charge in [0.15, 0.2) is 6.61 Å². The van der Waals surface area contributed by atoms with Crippen molar-refractivity contribution in [3.05, 3.63) is 54.7 Å². The smallest absolute Gasteiger partial charge is 0.255 e. The Kier molecular flexibility index (Phi) is 5.73. The molecule has 0 spiro atoms. The van der Waals surface area contributed by atoms with Crippen LogP contribution in [0.25, 0.3) is 11.4 Å². The molecule has 9 nitrogen and oxygen atoms in total. The normalized spacial score (nSPS) is 10.4. The lowest BCUT2D eigenvalue weighted by Crippen LogP contribution is -2.20. The van der Waals surface area contributed by atoms with Gasteiger partial charge in [-0.25, -0.2) is 0 Å². The molecule has 3 rings (SSSR count). The van der Waals surface area contributed by atoms with Crippen LogP contribution in [0.5, 0.6) is 5.75 Å². The minimum Gasteiger partial charge on any atom is -0.484 e. The maximum Gasteiger partial charge on any atom is 0.255 e. The van der Waals surface area contributed by atoms with E-state index in [4.69, 9.17) is 15.0 Å². The van der Waals surface area contributed by atoms with Gasteiger partial charge in [-0.3, -0.25) is 14.6 Å². The molecule has 1 aromatic carbocycles. The number of benzene rings is 1. The summed E-state index contributed by atoms with van der Waals surface area (Å²) in [5, 5.41) is 6.64. The Labute approximate surface area is 154 Å². The predicted octanol–water partition coefficient (Wildman–Crippen LogP) is 1.57. The fourth-order valence-electron chi connectivity index (χ4n) is 2.24. The largest absolute Gasteiger partial charge is 0.484 e. The number of primary amides is 1. The van der Waals surface area contributed by atoms with Gasteiger partial charge in [-0.2, -0.15) is 4.98 Å². The second kappa shape index (κ2) is 8.56. The number of rotatable bonds is 8. The van der Waals surface area contributed by atoms with Crippen LogP contribution < -0.4 is 15.8 Å². The highest BCUT2D eigenvalue weighted by Crippen LogP contribution is 2.18. The molecule has 0 saturated carbocycles. The third-order valence-electron chi connectivity index (χ3n) is 3.47. The lowest BCUT2D eigenvalue weighted by molar-refractivity contribution is -0.120. The first-order valence-electron chi connectivity index (χ1n) is 8.14. The molecule has 0 atom stereocenters. The van der Waals surface area contributed by atoms with E-state index >= 15 is 0 Å². The van der Waals surface area contributed by atoms with E-state index in [0.29, 0.717) is 29.6 Å². The van der Waals surface area contributed by atoms with Gasteiger partial charge < -0.3 is 20.3 Å². The molecule has 2 heterocycles. The van der Waals surface area contributed by atoms with Crippen molar-refractivity contribution in [2.24, 2.45) is 5.73 Å². The summed E-state index contributed by atoms with van der Waals surface area (Å²) in [6, 6.07) is 10.2. The standard InChI is InChI=1S/C18H17N5O4/c19-15(24)11-26-14-3-1-2-13(10-14)21-16(25)4-5-17-22-18(23-27-17)12-6-8-20-9-7-12/h1-3,6-10H,4-5,11H2,(H2,19,24)(H,21,25). The third kappa shape index (κ3) is 5.36. The van der Waals surface area contributed by atoms with Crippen molar-refractivity contribution >= 4 is 17.5 Å². The molecular formula is C18H17N5O4. The molecule has 0 fully saturated rings. The fraction of sp³-hybridized carbons (Fsp3) is 0.167. The molecule has 0 radical (unpaired) electrons. The van der Waals surface area contributed by atoms with Crippen molar-refractivity contribution < 1.29 is 18.8 Å². The number of aryl methyl sites for hydroxylation is 1. The summed E-state index contributed by atoms with van der Waals surface area (Å²) >= 11 is 0. The highest BCUT2D eigenvalue weighted by molar-refractivity contribution is 5.91. The molecule has 0 unspecified atom stereocenters. The average Bonchev–Trinajstić information content (AvgIpc) is 3.15. The number of nitrogens with one attached hydrogen (secondary N) is 1. The second-order valence-corrected chi connectivity index (χ2v) is 5.58. The number of ether oxygens (including phenoxy) is 1. The quantitative estimate of drug-likeness (QED) is 0.617. The van der Waals surface area contributed by atoms with Gasteiger partial charge in [0.2, 0.25) is 17.6 Å². The number of carbonyl (C=O) groups excluding carboxylic acids is 2. The van der Waals surface area contributed by atoms with Crippen LogP contribution in [-0.4, -0.2) is 33.5 Å². The zero-order valence-electron chi connectivity index (χ0n) is 14.3. The van der Waals surface area contributed by atoms with Crippen LogP contribution in [0.4, 0.5) is 5.69 Å². The van der Waals surface area contributed by atoms with Crippen molar-refractivity contribution in [3.63, 3.8) is 0 Å². The van der Waals surface area contributed by atoms with E-state index in [0.717, 1.165) is 5.56 Å². The molecule has 0 saturated heterocycles. The van der Waals surface area contributed by atoms with Crippen molar-refractivity contribution in [3.8, 4) is 17.1 Å². The first-order chi connectivity index (χ1) is 13.1. The average molecular weight is 367 g/mol. The van der Waals surface area contributed by atoms with Crippen LogP contribution >= 0.6 is 0 Å². The van der Waals surface area contributed by atoms with E-state index in [9.17, 15) is 9.59 Å². The molecular weight excluding hydrogens is 350 g/mol. The summed E-state index contributed by atoms with van der Waals surface area (Å²) in [6.45, 7) is -0.228. The van der Waals surface area contributed by atoms with Gasteiger partial charge in [0.25, 0.3) is 5.91 Å². The van der Waals surface area contributed by atoms with Crippen LogP contribution in [-0.2, 0) is 16.0 Å². The molecule has 138 valence electrons. The zero-order chi connectivity index (χ0) is 19.1. The Balaban J connectivity index is 1.52. The van der Waals surface area contributed by atoms with Crippen LogP contribution in [0.3, 0.4) is 0 Å². The maximum atomic E-state index is 12.1. The number of carbonyl (C=O) groups is 2. The zero-order valence-corrected chi connectivity index (χ0v) is 14.3. The van der Waals surface area contributed by atoms with Crippen LogP contribution in [0.2, 0.25) is 0 Å². The van der Waals surface area contributed by atoms with Gasteiger partial charge in [0.05, 0.1) is 0 Å². The first kappa shape index (κ1) is 18.1. The van der Waals surface area contributed by atoms with E-state index in [1.54, 1.807) is 48.8 Å². The van der Waals surface area contributed by atoms with Crippen molar-refractivity contribution in [1.82, 2.24) is 15.1 Å². The van der Waals surface area contributed by atoms with Crippen molar-refractivity contribution in [2.45, 2.75) is 12.8 Å². The van der Waals surface area contributed by atoms with Gasteiger partial charge in [-0.05, 0) is 24.3 Å². The Morgan fingerprint density at radius 1 is 1.19 bits per heavy atom. The Morgan fingerprint density at radius 3 is 2.78 bits per heavy atom. The number of hydrogen-bond acceptors (Lipinski definition) is 7. The predicted molar refractivity (Wildman–Crippen MR) is 95.6 cm³/mol. The number of nitrogens with zero attached hydrogens (tertiary/aromatic N) is 3. The van der Waals surface area contributed by atoms with E-state index < -0.39 is 5.91 Å². The van der Waals surface area contributed by atoms with Crippen LogP contribution in [0.15, 0.2) is 53.3 Å². The van der Waals surface area contributed by atoms with Crippen LogP contribution in [0, 0.1) is 0 Å². The molecule has 0 bridgehead atoms. The lowest BCUT2D eigenvalue weighted by atomic mass is 10.2. The monoisotopic (exact) mass is 367 g/mol. The molecule has 9 heteroatoms. The van der Waals surface area contributed by atoms with Crippen molar-refractivity contribution in [2.75, 3.05) is 11.9 Å². The number of amides is 2. The van der Waals surface area contributed by atoms with Gasteiger partial charge in [0.1, 0.15) is 5.75 Å². The highest BCUT2D eigenvalue weighted by Gasteiger charge is 2.11. The molecule has 27 heavy (non-hydrogen) atoms. The van der Waals surface area contributed by atoms with E-state index in [2.05, 4.69) is 20.4 Å². The van der Waals surface area contributed by atoms with Gasteiger partial charge >= 0.3 is 0 Å².